The molecule has 1 aliphatic carbocycles. The van der Waals surface area contributed by atoms with E-state index in [0.717, 1.165) is 12.8 Å². The fourth-order valence-corrected chi connectivity index (χ4v) is 1.89. The number of amidine groups is 1. The van der Waals surface area contributed by atoms with E-state index in [9.17, 15) is 0 Å². The molecule has 1 fully saturated rings. The van der Waals surface area contributed by atoms with E-state index in [0.29, 0.717) is 6.04 Å². The van der Waals surface area contributed by atoms with E-state index in [1.165, 1.54) is 6.42 Å². The molecule has 0 bridgehead atoms. The molecule has 82 valence electrons. The van der Waals surface area contributed by atoms with E-state index in [1.54, 1.807) is 7.11 Å². The van der Waals surface area contributed by atoms with Crippen LogP contribution in [0.3, 0.4) is 0 Å². The molecule has 0 aromatic rings. The van der Waals surface area contributed by atoms with Gasteiger partial charge in [0.2, 0.25) is 0 Å². The molecule has 0 aliphatic heterocycles. The van der Waals surface area contributed by atoms with E-state index in [-0.39, 0.29) is 18.0 Å². The van der Waals surface area contributed by atoms with Gasteiger partial charge in [0.05, 0.1) is 12.1 Å². The average Bonchev–Trinajstić information content (AvgIpc) is 2.63. The van der Waals surface area contributed by atoms with Crippen molar-refractivity contribution >= 4 is 5.84 Å². The van der Waals surface area contributed by atoms with Crippen LogP contribution in [0.5, 0.6) is 0 Å². The molecule has 1 saturated carbocycles. The zero-order valence-electron chi connectivity index (χ0n) is 8.73. The van der Waals surface area contributed by atoms with Crippen LogP contribution in [0.15, 0.2) is 5.16 Å². The predicted octanol–water partition coefficient (Wildman–Crippen LogP) is 0.278. The summed E-state index contributed by atoms with van der Waals surface area (Å²) < 4.78 is 5.33. The van der Waals surface area contributed by atoms with Crippen molar-refractivity contribution in [2.75, 3.05) is 7.11 Å². The minimum absolute atomic E-state index is 0.110. The lowest BCUT2D eigenvalue weighted by Gasteiger charge is -2.23. The first-order valence-electron chi connectivity index (χ1n) is 4.95. The first kappa shape index (κ1) is 11.3. The first-order chi connectivity index (χ1) is 6.69. The van der Waals surface area contributed by atoms with Gasteiger partial charge in [-0.1, -0.05) is 5.16 Å². The second-order valence-corrected chi connectivity index (χ2v) is 3.72. The summed E-state index contributed by atoms with van der Waals surface area (Å²) in [6.45, 7) is 1.88. The van der Waals surface area contributed by atoms with Crippen LogP contribution in [0.2, 0.25) is 0 Å². The molecular weight excluding hydrogens is 182 g/mol. The maximum Gasteiger partial charge on any atom is 0.156 e. The number of nitrogens with one attached hydrogen (secondary N) is 1. The molecule has 0 aromatic carbocycles. The molecule has 5 nitrogen and oxygen atoms in total. The van der Waals surface area contributed by atoms with Crippen LogP contribution >= 0.6 is 0 Å². The number of ether oxygens (including phenoxy) is 1. The van der Waals surface area contributed by atoms with Gasteiger partial charge in [-0.2, -0.15) is 0 Å². The lowest BCUT2D eigenvalue weighted by Crippen LogP contribution is -2.47. The zero-order valence-corrected chi connectivity index (χ0v) is 8.73. The Morgan fingerprint density at radius 2 is 2.36 bits per heavy atom. The summed E-state index contributed by atoms with van der Waals surface area (Å²) in [5.74, 6) is 0.215. The maximum atomic E-state index is 8.49. The third-order valence-corrected chi connectivity index (χ3v) is 2.78. The summed E-state index contributed by atoms with van der Waals surface area (Å²) in [6, 6.07) is 0.205. The topological polar surface area (TPSA) is 79.9 Å². The van der Waals surface area contributed by atoms with E-state index < -0.39 is 0 Å². The lowest BCUT2D eigenvalue weighted by atomic mass is 10.2. The van der Waals surface area contributed by atoms with Crippen LogP contribution in [-0.4, -0.2) is 36.3 Å². The summed E-state index contributed by atoms with van der Waals surface area (Å²) in [6.07, 6.45) is 3.58. The number of oxime groups is 1. The van der Waals surface area contributed by atoms with Crippen LogP contribution in [0, 0.1) is 0 Å². The van der Waals surface area contributed by atoms with Crippen LogP contribution < -0.4 is 11.1 Å². The molecule has 5 heteroatoms. The van der Waals surface area contributed by atoms with Gasteiger partial charge in [-0.05, 0) is 26.2 Å². The molecule has 4 N–H and O–H groups in total. The number of hydrogen-bond acceptors (Lipinski definition) is 4. The number of rotatable bonds is 4. The zero-order chi connectivity index (χ0) is 10.6. The Hall–Kier alpha value is -0.810. The van der Waals surface area contributed by atoms with Crippen molar-refractivity contribution in [1.82, 2.24) is 5.32 Å². The lowest BCUT2D eigenvalue weighted by molar-refractivity contribution is 0.0841. The van der Waals surface area contributed by atoms with E-state index in [4.69, 9.17) is 15.7 Å². The third-order valence-electron chi connectivity index (χ3n) is 2.78. The van der Waals surface area contributed by atoms with Crippen molar-refractivity contribution < 1.29 is 9.94 Å². The molecule has 0 heterocycles. The molecule has 0 radical (unpaired) electrons. The normalized spacial score (nSPS) is 30.6. The van der Waals surface area contributed by atoms with Gasteiger partial charge in [0.1, 0.15) is 0 Å². The maximum absolute atomic E-state index is 8.49. The molecule has 3 unspecified atom stereocenters. The van der Waals surface area contributed by atoms with Gasteiger partial charge < -0.3 is 21.0 Å². The van der Waals surface area contributed by atoms with Crippen molar-refractivity contribution in [3.05, 3.63) is 0 Å². The summed E-state index contributed by atoms with van der Waals surface area (Å²) in [5.41, 5.74) is 5.48. The van der Waals surface area contributed by atoms with Gasteiger partial charge >= 0.3 is 0 Å². The smallest absolute Gasteiger partial charge is 0.156 e. The summed E-state index contributed by atoms with van der Waals surface area (Å²) in [4.78, 5) is 0. The van der Waals surface area contributed by atoms with Gasteiger partial charge in [0.25, 0.3) is 0 Å². The van der Waals surface area contributed by atoms with E-state index in [1.807, 2.05) is 6.92 Å². The van der Waals surface area contributed by atoms with E-state index in [2.05, 4.69) is 10.5 Å². The van der Waals surface area contributed by atoms with Crippen molar-refractivity contribution in [3.8, 4) is 0 Å². The molecule has 1 rings (SSSR count). The fourth-order valence-electron chi connectivity index (χ4n) is 1.89. The van der Waals surface area contributed by atoms with Crippen LogP contribution in [0.4, 0.5) is 0 Å². The SMILES string of the molecule is COC1CCCC1NC(C)C(N)=NO. The average molecular weight is 201 g/mol. The van der Waals surface area contributed by atoms with Gasteiger partial charge in [0, 0.05) is 13.2 Å². The highest BCUT2D eigenvalue weighted by molar-refractivity contribution is 5.84. The van der Waals surface area contributed by atoms with Crippen LogP contribution in [0.25, 0.3) is 0 Å². The molecule has 14 heavy (non-hydrogen) atoms. The monoisotopic (exact) mass is 201 g/mol. The van der Waals surface area contributed by atoms with Gasteiger partial charge in [-0.3, -0.25) is 0 Å². The number of hydrogen-bond donors (Lipinski definition) is 3. The van der Waals surface area contributed by atoms with Gasteiger partial charge in [-0.15, -0.1) is 0 Å². The van der Waals surface area contributed by atoms with Crippen molar-refractivity contribution in [2.45, 2.75) is 44.4 Å². The summed E-state index contributed by atoms with van der Waals surface area (Å²) >= 11 is 0. The highest BCUT2D eigenvalue weighted by Crippen LogP contribution is 2.21. The van der Waals surface area contributed by atoms with Crippen LogP contribution in [0.1, 0.15) is 26.2 Å². The Bertz CT molecular complexity index is 208. The quantitative estimate of drug-likeness (QED) is 0.264. The standard InChI is InChI=1S/C9H19N3O2/c1-6(9(10)12-13)11-7-4-3-5-8(7)14-2/h6-8,11,13H,3-5H2,1-2H3,(H2,10,12). The van der Waals surface area contributed by atoms with E-state index >= 15 is 0 Å². The Kier molecular flexibility index (Phi) is 4.16. The molecule has 3 atom stereocenters. The highest BCUT2D eigenvalue weighted by atomic mass is 16.5. The summed E-state index contributed by atoms with van der Waals surface area (Å²) in [5, 5.41) is 14.8. The Morgan fingerprint density at radius 3 is 2.93 bits per heavy atom. The second-order valence-electron chi connectivity index (χ2n) is 3.72. The summed E-state index contributed by atoms with van der Waals surface area (Å²) in [7, 11) is 1.72. The second kappa shape index (κ2) is 5.17. The predicted molar refractivity (Wildman–Crippen MR) is 54.4 cm³/mol. The van der Waals surface area contributed by atoms with Crippen molar-refractivity contribution in [1.29, 1.82) is 0 Å². The molecule has 0 spiro atoms. The van der Waals surface area contributed by atoms with Crippen LogP contribution in [-0.2, 0) is 4.74 Å². The first-order valence-corrected chi connectivity index (χ1v) is 4.95. The van der Waals surface area contributed by atoms with Gasteiger partial charge in [-0.25, -0.2) is 0 Å². The number of nitrogens with zero attached hydrogens (tertiary/aromatic N) is 1. The minimum atomic E-state index is -0.110. The largest absolute Gasteiger partial charge is 0.409 e. The van der Waals surface area contributed by atoms with Crippen molar-refractivity contribution in [2.24, 2.45) is 10.9 Å². The Balaban J connectivity index is 2.43. The minimum Gasteiger partial charge on any atom is -0.409 e. The number of nitrogens with two attached hydrogens (primary N) is 1. The molecule has 0 aromatic heterocycles. The molecule has 1 aliphatic rings. The van der Waals surface area contributed by atoms with Gasteiger partial charge in [0.15, 0.2) is 5.84 Å². The Labute approximate surface area is 84.3 Å². The van der Waals surface area contributed by atoms with Crippen molar-refractivity contribution in [3.63, 3.8) is 0 Å². The highest BCUT2D eigenvalue weighted by Gasteiger charge is 2.28. The molecule has 0 saturated heterocycles. The molecular formula is C9H19N3O2. The Morgan fingerprint density at radius 1 is 1.64 bits per heavy atom. The third kappa shape index (κ3) is 2.59. The number of methoxy groups -OCH3 is 1. The molecule has 0 amide bonds. The fraction of sp³-hybridized carbons (Fsp3) is 0.889.